The molecule has 0 unspecified atom stereocenters. The molecule has 1 aliphatic rings. The van der Waals surface area contributed by atoms with Crippen molar-refractivity contribution in [2.45, 2.75) is 6.92 Å². The van der Waals surface area contributed by atoms with Crippen molar-refractivity contribution in [2.75, 3.05) is 32.8 Å². The SMILES string of the molecule is CCOC(=O)N1CCN(C(N)=NO)CC1. The number of carbonyl (C=O) groups excluding carboxylic acids is 1. The second-order valence-electron chi connectivity index (χ2n) is 3.13. The molecule has 0 bridgehead atoms. The van der Waals surface area contributed by atoms with Crippen LogP contribution < -0.4 is 5.73 Å². The molecule has 86 valence electrons. The second-order valence-corrected chi connectivity index (χ2v) is 3.13. The summed E-state index contributed by atoms with van der Waals surface area (Å²) in [7, 11) is 0. The Kier molecular flexibility index (Phi) is 4.02. The average molecular weight is 216 g/mol. The standard InChI is InChI=1S/C8H16N4O3/c1-2-15-8(13)12-5-3-11(4-6-12)7(9)10-14/h14H,2-6H2,1H3,(H2,9,10). The fourth-order valence-electron chi connectivity index (χ4n) is 1.40. The van der Waals surface area contributed by atoms with Crippen LogP contribution in [0.5, 0.6) is 0 Å². The minimum atomic E-state index is -0.309. The maximum absolute atomic E-state index is 11.3. The minimum absolute atomic E-state index is 0.0820. The van der Waals surface area contributed by atoms with Gasteiger partial charge in [-0.1, -0.05) is 5.16 Å². The largest absolute Gasteiger partial charge is 0.450 e. The molecule has 7 nitrogen and oxygen atoms in total. The van der Waals surface area contributed by atoms with Crippen LogP contribution in [0.3, 0.4) is 0 Å². The van der Waals surface area contributed by atoms with Gasteiger partial charge in [0.1, 0.15) is 0 Å². The first-order chi connectivity index (χ1) is 7.19. The lowest BCUT2D eigenvalue weighted by molar-refractivity contribution is 0.0912. The number of nitrogens with zero attached hydrogens (tertiary/aromatic N) is 3. The number of guanidine groups is 1. The Labute approximate surface area is 88.1 Å². The van der Waals surface area contributed by atoms with Crippen LogP contribution in [0.25, 0.3) is 0 Å². The highest BCUT2D eigenvalue weighted by molar-refractivity contribution is 5.77. The number of amides is 1. The molecule has 1 saturated heterocycles. The van der Waals surface area contributed by atoms with E-state index in [1.807, 2.05) is 0 Å². The van der Waals surface area contributed by atoms with E-state index in [1.54, 1.807) is 16.7 Å². The Bertz CT molecular complexity index is 248. The van der Waals surface area contributed by atoms with Crippen LogP contribution >= 0.6 is 0 Å². The van der Waals surface area contributed by atoms with Gasteiger partial charge in [-0.05, 0) is 6.92 Å². The molecular formula is C8H16N4O3. The number of oxime groups is 1. The second kappa shape index (κ2) is 5.28. The van der Waals surface area contributed by atoms with E-state index < -0.39 is 0 Å². The first kappa shape index (κ1) is 11.4. The van der Waals surface area contributed by atoms with E-state index in [2.05, 4.69) is 5.16 Å². The van der Waals surface area contributed by atoms with Crippen molar-refractivity contribution in [1.29, 1.82) is 0 Å². The molecular weight excluding hydrogens is 200 g/mol. The van der Waals surface area contributed by atoms with Gasteiger partial charge in [-0.25, -0.2) is 4.79 Å². The molecule has 0 aromatic heterocycles. The Morgan fingerprint density at radius 3 is 2.40 bits per heavy atom. The predicted octanol–water partition coefficient (Wildman–Crippen LogP) is -0.536. The minimum Gasteiger partial charge on any atom is -0.450 e. The number of rotatable bonds is 1. The molecule has 1 heterocycles. The van der Waals surface area contributed by atoms with Crippen molar-refractivity contribution in [3.63, 3.8) is 0 Å². The number of nitrogens with two attached hydrogens (primary N) is 1. The molecule has 0 aromatic carbocycles. The van der Waals surface area contributed by atoms with Gasteiger partial charge in [-0.15, -0.1) is 0 Å². The molecule has 1 fully saturated rings. The molecule has 0 spiro atoms. The monoisotopic (exact) mass is 216 g/mol. The van der Waals surface area contributed by atoms with Gasteiger partial charge in [0.05, 0.1) is 6.61 Å². The van der Waals surface area contributed by atoms with E-state index in [4.69, 9.17) is 15.7 Å². The van der Waals surface area contributed by atoms with Gasteiger partial charge >= 0.3 is 6.09 Å². The van der Waals surface area contributed by atoms with Crippen LogP contribution in [0.15, 0.2) is 5.16 Å². The zero-order valence-corrected chi connectivity index (χ0v) is 8.72. The number of hydrogen-bond acceptors (Lipinski definition) is 4. The van der Waals surface area contributed by atoms with E-state index in [0.29, 0.717) is 32.8 Å². The zero-order valence-electron chi connectivity index (χ0n) is 8.72. The quantitative estimate of drug-likeness (QED) is 0.266. The Hall–Kier alpha value is -1.66. The van der Waals surface area contributed by atoms with Crippen molar-refractivity contribution in [3.8, 4) is 0 Å². The van der Waals surface area contributed by atoms with Gasteiger partial charge in [-0.3, -0.25) is 0 Å². The number of piperazine rings is 1. The fraction of sp³-hybridized carbons (Fsp3) is 0.750. The van der Waals surface area contributed by atoms with Crippen molar-refractivity contribution >= 4 is 12.1 Å². The maximum Gasteiger partial charge on any atom is 0.409 e. The highest BCUT2D eigenvalue weighted by atomic mass is 16.6. The molecule has 1 amide bonds. The fourth-order valence-corrected chi connectivity index (χ4v) is 1.40. The lowest BCUT2D eigenvalue weighted by atomic mass is 10.3. The Morgan fingerprint density at radius 1 is 1.40 bits per heavy atom. The van der Waals surface area contributed by atoms with Crippen LogP contribution in [0.2, 0.25) is 0 Å². The summed E-state index contributed by atoms with van der Waals surface area (Å²) in [5, 5.41) is 11.4. The molecule has 0 saturated carbocycles. The molecule has 0 atom stereocenters. The van der Waals surface area contributed by atoms with E-state index in [1.165, 1.54) is 0 Å². The van der Waals surface area contributed by atoms with E-state index in [9.17, 15) is 4.79 Å². The molecule has 0 radical (unpaired) electrons. The van der Waals surface area contributed by atoms with Crippen LogP contribution in [-0.4, -0.2) is 59.8 Å². The average Bonchev–Trinajstić information content (AvgIpc) is 2.28. The van der Waals surface area contributed by atoms with Gasteiger partial charge in [0, 0.05) is 26.2 Å². The summed E-state index contributed by atoms with van der Waals surface area (Å²) in [6.07, 6.45) is -0.309. The molecule has 7 heteroatoms. The van der Waals surface area contributed by atoms with Crippen molar-refractivity contribution in [1.82, 2.24) is 9.80 Å². The zero-order chi connectivity index (χ0) is 11.3. The van der Waals surface area contributed by atoms with Crippen molar-refractivity contribution in [2.24, 2.45) is 10.9 Å². The third-order valence-corrected chi connectivity index (χ3v) is 2.23. The summed E-state index contributed by atoms with van der Waals surface area (Å²) in [5.74, 6) is 0.0820. The summed E-state index contributed by atoms with van der Waals surface area (Å²) in [4.78, 5) is 14.6. The highest BCUT2D eigenvalue weighted by Gasteiger charge is 2.22. The maximum atomic E-state index is 11.3. The summed E-state index contributed by atoms with van der Waals surface area (Å²) in [6, 6.07) is 0. The summed E-state index contributed by atoms with van der Waals surface area (Å²) in [6.45, 7) is 4.29. The van der Waals surface area contributed by atoms with Gasteiger partial charge in [0.15, 0.2) is 0 Å². The van der Waals surface area contributed by atoms with E-state index in [0.717, 1.165) is 0 Å². The number of carbonyl (C=O) groups is 1. The molecule has 1 rings (SSSR count). The third-order valence-electron chi connectivity index (χ3n) is 2.23. The van der Waals surface area contributed by atoms with Gasteiger partial charge in [-0.2, -0.15) is 0 Å². The van der Waals surface area contributed by atoms with Crippen LogP contribution in [0.1, 0.15) is 6.92 Å². The predicted molar refractivity (Wildman–Crippen MR) is 53.6 cm³/mol. The van der Waals surface area contributed by atoms with E-state index >= 15 is 0 Å². The molecule has 1 aliphatic heterocycles. The van der Waals surface area contributed by atoms with Crippen molar-refractivity contribution < 1.29 is 14.7 Å². The molecule has 0 aliphatic carbocycles. The topological polar surface area (TPSA) is 91.4 Å². The lowest BCUT2D eigenvalue weighted by Gasteiger charge is -2.33. The number of ether oxygens (including phenoxy) is 1. The first-order valence-electron chi connectivity index (χ1n) is 4.83. The molecule has 3 N–H and O–H groups in total. The van der Waals surface area contributed by atoms with Crippen LogP contribution in [-0.2, 0) is 4.74 Å². The Balaban J connectivity index is 2.39. The summed E-state index contributed by atoms with van der Waals surface area (Å²) >= 11 is 0. The van der Waals surface area contributed by atoms with Gasteiger partial charge < -0.3 is 25.5 Å². The summed E-state index contributed by atoms with van der Waals surface area (Å²) in [5.41, 5.74) is 5.42. The highest BCUT2D eigenvalue weighted by Crippen LogP contribution is 2.03. The van der Waals surface area contributed by atoms with E-state index in [-0.39, 0.29) is 12.1 Å². The van der Waals surface area contributed by atoms with Crippen molar-refractivity contribution in [3.05, 3.63) is 0 Å². The normalized spacial score (nSPS) is 17.8. The smallest absolute Gasteiger partial charge is 0.409 e. The molecule has 15 heavy (non-hydrogen) atoms. The number of hydrogen-bond donors (Lipinski definition) is 2. The lowest BCUT2D eigenvalue weighted by Crippen LogP contribution is -2.52. The van der Waals surface area contributed by atoms with Gasteiger partial charge in [0.25, 0.3) is 0 Å². The third kappa shape index (κ3) is 2.90. The van der Waals surface area contributed by atoms with Gasteiger partial charge in [0.2, 0.25) is 5.96 Å². The Morgan fingerprint density at radius 2 is 1.93 bits per heavy atom. The summed E-state index contributed by atoms with van der Waals surface area (Å²) < 4.78 is 4.86. The first-order valence-corrected chi connectivity index (χ1v) is 4.83. The molecule has 0 aromatic rings. The van der Waals surface area contributed by atoms with Crippen LogP contribution in [0.4, 0.5) is 4.79 Å². The van der Waals surface area contributed by atoms with Crippen LogP contribution in [0, 0.1) is 0 Å².